The first kappa shape index (κ1) is 28.0. The van der Waals surface area contributed by atoms with Crippen LogP contribution in [0.4, 0.5) is 4.39 Å². The van der Waals surface area contributed by atoms with Crippen molar-refractivity contribution in [1.82, 2.24) is 4.98 Å². The zero-order valence-corrected chi connectivity index (χ0v) is 23.6. The molecular formula is C31H37FNO5P. The summed E-state index contributed by atoms with van der Waals surface area (Å²) in [4.78, 5) is 16.0. The molecule has 0 saturated heterocycles. The molecule has 0 spiro atoms. The smallest absolute Gasteiger partial charge is 0.305 e. The van der Waals surface area contributed by atoms with E-state index in [1.807, 2.05) is 0 Å². The quantitative estimate of drug-likeness (QED) is 0.285. The predicted molar refractivity (Wildman–Crippen MR) is 149 cm³/mol. The van der Waals surface area contributed by atoms with Gasteiger partial charge in [-0.3, -0.25) is 14.3 Å². The number of carboxylic acid groups (broad SMARTS) is 1. The monoisotopic (exact) mass is 553 g/mol. The molecule has 2 atom stereocenters. The van der Waals surface area contributed by atoms with Crippen molar-refractivity contribution in [3.05, 3.63) is 53.1 Å². The summed E-state index contributed by atoms with van der Waals surface area (Å²) in [5.41, 5.74) is 4.71. The molecule has 39 heavy (non-hydrogen) atoms. The van der Waals surface area contributed by atoms with Gasteiger partial charge < -0.3 is 14.7 Å². The van der Waals surface area contributed by atoms with Gasteiger partial charge in [-0.25, -0.2) is 4.39 Å². The van der Waals surface area contributed by atoms with Crippen LogP contribution in [0.2, 0.25) is 0 Å². The molecule has 208 valence electrons. The summed E-state index contributed by atoms with van der Waals surface area (Å²) >= 11 is 0. The SMILES string of the molecule is CC(C)c1nc(C23CC4CC(CC(C4)C2)C3)cc(-c2ccc(F)cc2)c1C#CCO[PH](=O)C[C@@H](O)CC(=O)O. The van der Waals surface area contributed by atoms with Crippen LogP contribution in [0, 0.1) is 35.4 Å². The second-order valence-electron chi connectivity index (χ2n) is 12.1. The highest BCUT2D eigenvalue weighted by Crippen LogP contribution is 2.60. The van der Waals surface area contributed by atoms with E-state index in [4.69, 9.17) is 14.6 Å². The lowest BCUT2D eigenvalue weighted by Crippen LogP contribution is -2.49. The number of hydrogen-bond donors (Lipinski definition) is 2. The minimum atomic E-state index is -2.64. The van der Waals surface area contributed by atoms with E-state index in [-0.39, 0.29) is 29.9 Å². The summed E-state index contributed by atoms with van der Waals surface area (Å²) in [6.45, 7) is 4.09. The number of aliphatic hydroxyl groups is 1. The van der Waals surface area contributed by atoms with Gasteiger partial charge in [-0.05, 0) is 86.0 Å². The van der Waals surface area contributed by atoms with E-state index in [2.05, 4.69) is 31.8 Å². The molecule has 1 heterocycles. The normalized spacial score (nSPS) is 26.7. The number of aromatic nitrogens is 1. The second kappa shape index (κ2) is 11.5. The zero-order chi connectivity index (χ0) is 27.7. The molecule has 1 aromatic heterocycles. The van der Waals surface area contributed by atoms with E-state index in [1.165, 1.54) is 50.7 Å². The van der Waals surface area contributed by atoms with Gasteiger partial charge in [0, 0.05) is 22.8 Å². The van der Waals surface area contributed by atoms with Gasteiger partial charge in [0.25, 0.3) is 0 Å². The van der Waals surface area contributed by atoms with Gasteiger partial charge >= 0.3 is 5.97 Å². The van der Waals surface area contributed by atoms with Crippen molar-refractivity contribution in [1.29, 1.82) is 0 Å². The first-order valence-corrected chi connectivity index (χ1v) is 15.5. The molecule has 6 rings (SSSR count). The molecule has 2 N–H and O–H groups in total. The fourth-order valence-corrected chi connectivity index (χ4v) is 8.31. The van der Waals surface area contributed by atoms with E-state index in [1.54, 1.807) is 12.1 Å². The molecule has 0 aliphatic heterocycles. The van der Waals surface area contributed by atoms with Gasteiger partial charge in [-0.15, -0.1) is 0 Å². The molecule has 1 unspecified atom stereocenters. The Balaban J connectivity index is 1.47. The minimum Gasteiger partial charge on any atom is -0.481 e. The average Bonchev–Trinajstić information content (AvgIpc) is 2.85. The van der Waals surface area contributed by atoms with Crippen molar-refractivity contribution < 1.29 is 28.5 Å². The third-order valence-electron chi connectivity index (χ3n) is 8.66. The Hall–Kier alpha value is -2.52. The van der Waals surface area contributed by atoms with E-state index in [0.29, 0.717) is 0 Å². The Labute approximate surface area is 230 Å². The summed E-state index contributed by atoms with van der Waals surface area (Å²) < 4.78 is 31.3. The lowest BCUT2D eigenvalue weighted by molar-refractivity contribution is -0.138. The molecule has 0 amide bonds. The molecule has 0 radical (unpaired) electrons. The summed E-state index contributed by atoms with van der Waals surface area (Å²) in [5.74, 6) is 7.16. The minimum absolute atomic E-state index is 0.0961. The molecular weight excluding hydrogens is 516 g/mol. The molecule has 4 aliphatic rings. The van der Waals surface area contributed by atoms with Crippen molar-refractivity contribution in [3.63, 3.8) is 0 Å². The molecule has 4 bridgehead atoms. The molecule has 1 aromatic carbocycles. The van der Waals surface area contributed by atoms with Crippen LogP contribution in [-0.2, 0) is 19.3 Å². The van der Waals surface area contributed by atoms with Gasteiger partial charge in [0.1, 0.15) is 12.4 Å². The first-order chi connectivity index (χ1) is 18.6. The van der Waals surface area contributed by atoms with Gasteiger partial charge in [-0.2, -0.15) is 0 Å². The van der Waals surface area contributed by atoms with Crippen LogP contribution in [0.15, 0.2) is 30.3 Å². The number of pyridine rings is 1. The lowest BCUT2D eigenvalue weighted by atomic mass is 9.48. The molecule has 4 saturated carbocycles. The van der Waals surface area contributed by atoms with Gasteiger partial charge in [-0.1, -0.05) is 37.8 Å². The maximum atomic E-state index is 13.8. The number of rotatable bonds is 9. The van der Waals surface area contributed by atoms with E-state index in [0.717, 1.165) is 45.8 Å². The Morgan fingerprint density at radius 1 is 1.15 bits per heavy atom. The largest absolute Gasteiger partial charge is 0.481 e. The third kappa shape index (κ3) is 6.30. The Morgan fingerprint density at radius 2 is 1.77 bits per heavy atom. The maximum absolute atomic E-state index is 13.8. The number of carbonyl (C=O) groups is 1. The van der Waals surface area contributed by atoms with E-state index < -0.39 is 26.5 Å². The molecule has 4 fully saturated rings. The highest BCUT2D eigenvalue weighted by Gasteiger charge is 2.52. The summed E-state index contributed by atoms with van der Waals surface area (Å²) in [6.07, 6.45) is 5.68. The number of halogens is 1. The van der Waals surface area contributed by atoms with Crippen molar-refractivity contribution in [2.24, 2.45) is 17.8 Å². The van der Waals surface area contributed by atoms with Crippen molar-refractivity contribution >= 4 is 14.0 Å². The summed E-state index contributed by atoms with van der Waals surface area (Å²) in [6, 6.07) is 8.67. The van der Waals surface area contributed by atoms with Crippen LogP contribution in [0.25, 0.3) is 11.1 Å². The molecule has 4 aliphatic carbocycles. The number of hydrogen-bond acceptors (Lipinski definition) is 5. The number of nitrogens with zero attached hydrogens (tertiary/aromatic N) is 1. The van der Waals surface area contributed by atoms with Crippen LogP contribution in [0.3, 0.4) is 0 Å². The molecule has 8 heteroatoms. The van der Waals surface area contributed by atoms with Gasteiger partial charge in [0.2, 0.25) is 0 Å². The Morgan fingerprint density at radius 3 is 2.33 bits per heavy atom. The maximum Gasteiger partial charge on any atom is 0.305 e. The van der Waals surface area contributed by atoms with Crippen molar-refractivity contribution in [2.45, 2.75) is 76.2 Å². The van der Waals surface area contributed by atoms with Crippen LogP contribution in [0.5, 0.6) is 0 Å². The average molecular weight is 554 g/mol. The van der Waals surface area contributed by atoms with Gasteiger partial charge in [0.05, 0.1) is 23.8 Å². The predicted octanol–water partition coefficient (Wildman–Crippen LogP) is 6.16. The van der Waals surface area contributed by atoms with Crippen LogP contribution in [-0.4, -0.2) is 40.0 Å². The van der Waals surface area contributed by atoms with E-state index >= 15 is 0 Å². The lowest BCUT2D eigenvalue weighted by Gasteiger charge is -2.56. The fraction of sp³-hybridized carbons (Fsp3) is 0.548. The second-order valence-corrected chi connectivity index (χ2v) is 13.5. The number of benzene rings is 1. The Bertz CT molecular complexity index is 1280. The fourth-order valence-electron chi connectivity index (χ4n) is 7.43. The Kier molecular flexibility index (Phi) is 8.29. The number of aliphatic hydroxyl groups excluding tert-OH is 1. The van der Waals surface area contributed by atoms with Crippen LogP contribution in [0.1, 0.15) is 81.7 Å². The summed E-state index contributed by atoms with van der Waals surface area (Å²) in [5, 5.41) is 18.5. The van der Waals surface area contributed by atoms with Crippen LogP contribution < -0.4 is 0 Å². The summed E-state index contributed by atoms with van der Waals surface area (Å²) in [7, 11) is -2.64. The van der Waals surface area contributed by atoms with Crippen molar-refractivity contribution in [2.75, 3.05) is 12.8 Å². The molecule has 6 nitrogen and oxygen atoms in total. The third-order valence-corrected chi connectivity index (χ3v) is 9.93. The highest BCUT2D eigenvalue weighted by molar-refractivity contribution is 7.39. The van der Waals surface area contributed by atoms with Crippen LogP contribution >= 0.6 is 8.03 Å². The van der Waals surface area contributed by atoms with Gasteiger partial charge in [0.15, 0.2) is 8.03 Å². The number of aliphatic carboxylic acids is 1. The van der Waals surface area contributed by atoms with Crippen molar-refractivity contribution in [3.8, 4) is 23.0 Å². The first-order valence-electron chi connectivity index (χ1n) is 14.0. The standard InChI is InChI=1S/C31H37FNO5P/c1-19(2)30-26(4-3-9-38-39(37)18-25(34)13-29(35)36)27(23-5-7-24(32)8-6-23)14-28(33-30)31-15-20-10-21(16-31)12-22(11-20)17-31/h5-8,14,19-22,25,34,39H,9-13,15-18H2,1-2H3,(H,35,36)/t20?,21?,22?,25-,31?/m0/s1. The highest BCUT2D eigenvalue weighted by atomic mass is 31.1. The number of carboxylic acids is 1. The molecule has 2 aromatic rings. The zero-order valence-electron chi connectivity index (χ0n) is 22.6. The van der Waals surface area contributed by atoms with E-state index in [9.17, 15) is 18.9 Å². The topological polar surface area (TPSA) is 96.7 Å².